The Morgan fingerprint density at radius 1 is 0.780 bits per heavy atom. The van der Waals surface area contributed by atoms with E-state index in [0.29, 0.717) is 18.9 Å². The standard InChI is InChI=1S/C35H39NO5/c1-26(25-41-32-16-10-11-27(19-32)20-35(37)38)22-36(23-30-17-18-31(39-2)21-34(30)40-3)24-33(28-12-6-4-7-13-28)29-14-8-5-9-15-29/h4-19,21,26,33H,20,22-25H2,1-3H3,(H,37,38). The second kappa shape index (κ2) is 14.9. The quantitative estimate of drug-likeness (QED) is 0.177. The summed E-state index contributed by atoms with van der Waals surface area (Å²) < 4.78 is 17.3. The van der Waals surface area contributed by atoms with Crippen LogP contribution in [0.3, 0.4) is 0 Å². The SMILES string of the molecule is COc1ccc(CN(CC(C)COc2cccc(CC(=O)O)c2)CC(c2ccccc2)c2ccccc2)c(OC)c1. The van der Waals surface area contributed by atoms with E-state index in [1.807, 2.05) is 36.4 Å². The molecule has 0 heterocycles. The van der Waals surface area contributed by atoms with Gasteiger partial charge in [0.25, 0.3) is 0 Å². The van der Waals surface area contributed by atoms with Crippen LogP contribution in [0.1, 0.15) is 35.1 Å². The van der Waals surface area contributed by atoms with E-state index in [9.17, 15) is 4.79 Å². The smallest absolute Gasteiger partial charge is 0.307 e. The number of hydrogen-bond acceptors (Lipinski definition) is 5. The number of methoxy groups -OCH3 is 2. The fourth-order valence-corrected chi connectivity index (χ4v) is 5.11. The number of carbonyl (C=O) groups is 1. The van der Waals surface area contributed by atoms with Gasteiger partial charge in [-0.25, -0.2) is 0 Å². The number of nitrogens with zero attached hydrogens (tertiary/aromatic N) is 1. The minimum atomic E-state index is -0.855. The summed E-state index contributed by atoms with van der Waals surface area (Å²) in [5, 5.41) is 9.14. The summed E-state index contributed by atoms with van der Waals surface area (Å²) in [7, 11) is 3.35. The molecule has 1 atom stereocenters. The molecular formula is C35H39NO5. The highest BCUT2D eigenvalue weighted by Gasteiger charge is 2.22. The minimum absolute atomic E-state index is 0.0232. The van der Waals surface area contributed by atoms with Gasteiger partial charge in [-0.2, -0.15) is 0 Å². The molecule has 0 saturated carbocycles. The Morgan fingerprint density at radius 3 is 2.07 bits per heavy atom. The van der Waals surface area contributed by atoms with Crippen molar-refractivity contribution in [1.29, 1.82) is 0 Å². The van der Waals surface area contributed by atoms with Crippen LogP contribution in [0.25, 0.3) is 0 Å². The van der Waals surface area contributed by atoms with Gasteiger partial charge in [-0.15, -0.1) is 0 Å². The first-order valence-corrected chi connectivity index (χ1v) is 13.9. The van der Waals surface area contributed by atoms with Crippen molar-refractivity contribution in [1.82, 2.24) is 4.90 Å². The predicted octanol–water partition coefficient (Wildman–Crippen LogP) is 6.68. The summed E-state index contributed by atoms with van der Waals surface area (Å²) in [5.41, 5.74) is 4.35. The second-order valence-corrected chi connectivity index (χ2v) is 10.4. The summed E-state index contributed by atoms with van der Waals surface area (Å²) in [6, 6.07) is 34.6. The maximum Gasteiger partial charge on any atom is 0.307 e. The van der Waals surface area contributed by atoms with E-state index in [1.54, 1.807) is 14.2 Å². The Labute approximate surface area is 243 Å². The van der Waals surface area contributed by atoms with Gasteiger partial charge in [-0.05, 0) is 34.9 Å². The van der Waals surface area contributed by atoms with E-state index >= 15 is 0 Å². The van der Waals surface area contributed by atoms with Gasteiger partial charge in [-0.1, -0.05) is 85.8 Å². The second-order valence-electron chi connectivity index (χ2n) is 10.4. The zero-order valence-electron chi connectivity index (χ0n) is 24.0. The summed E-state index contributed by atoms with van der Waals surface area (Å²) in [6.45, 7) is 4.98. The Hall–Kier alpha value is -4.29. The highest BCUT2D eigenvalue weighted by Crippen LogP contribution is 2.30. The molecule has 4 aromatic rings. The molecule has 1 unspecified atom stereocenters. The van der Waals surface area contributed by atoms with Gasteiger partial charge < -0.3 is 19.3 Å². The van der Waals surface area contributed by atoms with Crippen LogP contribution in [0.4, 0.5) is 0 Å². The first kappa shape index (κ1) is 29.7. The van der Waals surface area contributed by atoms with E-state index in [4.69, 9.17) is 19.3 Å². The number of benzene rings is 4. The van der Waals surface area contributed by atoms with E-state index in [-0.39, 0.29) is 18.3 Å². The highest BCUT2D eigenvalue weighted by atomic mass is 16.5. The van der Waals surface area contributed by atoms with Crippen LogP contribution in [0, 0.1) is 5.92 Å². The molecule has 0 aliphatic carbocycles. The Morgan fingerprint density at radius 2 is 1.46 bits per heavy atom. The van der Waals surface area contributed by atoms with Crippen molar-refractivity contribution in [2.75, 3.05) is 33.9 Å². The van der Waals surface area contributed by atoms with Crippen molar-refractivity contribution >= 4 is 5.97 Å². The van der Waals surface area contributed by atoms with Gasteiger partial charge in [-0.3, -0.25) is 9.69 Å². The lowest BCUT2D eigenvalue weighted by atomic mass is 9.90. The molecule has 214 valence electrons. The number of rotatable bonds is 15. The van der Waals surface area contributed by atoms with Crippen molar-refractivity contribution in [3.8, 4) is 17.2 Å². The average molecular weight is 554 g/mol. The molecule has 0 fully saturated rings. The lowest BCUT2D eigenvalue weighted by Crippen LogP contribution is -2.34. The average Bonchev–Trinajstić information content (AvgIpc) is 2.99. The molecule has 0 saturated heterocycles. The molecular weight excluding hydrogens is 514 g/mol. The molecule has 41 heavy (non-hydrogen) atoms. The summed E-state index contributed by atoms with van der Waals surface area (Å²) in [6.07, 6.45) is -0.0232. The molecule has 6 nitrogen and oxygen atoms in total. The molecule has 4 rings (SSSR count). The monoisotopic (exact) mass is 553 g/mol. The number of carboxylic acid groups (broad SMARTS) is 1. The normalized spacial score (nSPS) is 11.8. The van der Waals surface area contributed by atoms with Crippen LogP contribution < -0.4 is 14.2 Å². The lowest BCUT2D eigenvalue weighted by molar-refractivity contribution is -0.136. The summed E-state index contributed by atoms with van der Waals surface area (Å²) in [4.78, 5) is 13.6. The molecule has 6 heteroatoms. The van der Waals surface area contributed by atoms with Crippen molar-refractivity contribution in [2.45, 2.75) is 25.8 Å². The predicted molar refractivity (Wildman–Crippen MR) is 162 cm³/mol. The zero-order valence-corrected chi connectivity index (χ0v) is 24.0. The maximum atomic E-state index is 11.1. The third-order valence-electron chi connectivity index (χ3n) is 7.09. The first-order chi connectivity index (χ1) is 19.9. The highest BCUT2D eigenvalue weighted by molar-refractivity contribution is 5.70. The van der Waals surface area contributed by atoms with Gasteiger partial charge in [0.2, 0.25) is 0 Å². The molecule has 0 aliphatic heterocycles. The van der Waals surface area contributed by atoms with Crippen molar-refractivity contribution in [3.63, 3.8) is 0 Å². The molecule has 0 aromatic heterocycles. The number of ether oxygens (including phenoxy) is 3. The van der Waals surface area contributed by atoms with Crippen LogP contribution in [0.2, 0.25) is 0 Å². The first-order valence-electron chi connectivity index (χ1n) is 13.9. The number of hydrogen-bond donors (Lipinski definition) is 1. The fraction of sp³-hybridized carbons (Fsp3) is 0.286. The van der Waals surface area contributed by atoms with Crippen LogP contribution in [-0.2, 0) is 17.8 Å². The third kappa shape index (κ3) is 8.85. The van der Waals surface area contributed by atoms with Crippen molar-refractivity contribution < 1.29 is 24.1 Å². The van der Waals surface area contributed by atoms with E-state index in [2.05, 4.69) is 78.6 Å². The van der Waals surface area contributed by atoms with Gasteiger partial charge in [0.05, 0.1) is 27.2 Å². The van der Waals surface area contributed by atoms with Crippen LogP contribution in [-0.4, -0.2) is 49.9 Å². The largest absolute Gasteiger partial charge is 0.497 e. The van der Waals surface area contributed by atoms with E-state index in [0.717, 1.165) is 35.7 Å². The van der Waals surface area contributed by atoms with Crippen molar-refractivity contribution in [2.24, 2.45) is 5.92 Å². The topological polar surface area (TPSA) is 68.2 Å². The molecule has 0 bridgehead atoms. The summed E-state index contributed by atoms with van der Waals surface area (Å²) in [5.74, 6) is 1.77. The van der Waals surface area contributed by atoms with Crippen LogP contribution >= 0.6 is 0 Å². The summed E-state index contributed by atoms with van der Waals surface area (Å²) >= 11 is 0. The Kier molecular flexibility index (Phi) is 10.8. The molecule has 0 spiro atoms. The molecule has 0 aliphatic rings. The molecule has 0 radical (unpaired) electrons. The Balaban J connectivity index is 1.56. The van der Waals surface area contributed by atoms with Gasteiger partial charge in [0.15, 0.2) is 0 Å². The zero-order chi connectivity index (χ0) is 29.0. The van der Waals surface area contributed by atoms with Crippen LogP contribution in [0.15, 0.2) is 103 Å². The van der Waals surface area contributed by atoms with Gasteiger partial charge >= 0.3 is 5.97 Å². The number of aliphatic carboxylic acids is 1. The third-order valence-corrected chi connectivity index (χ3v) is 7.09. The maximum absolute atomic E-state index is 11.1. The van der Waals surface area contributed by atoms with Gasteiger partial charge in [0, 0.05) is 43.1 Å². The number of carboxylic acids is 1. The minimum Gasteiger partial charge on any atom is -0.497 e. The van der Waals surface area contributed by atoms with E-state index in [1.165, 1.54) is 11.1 Å². The molecule has 0 amide bonds. The lowest BCUT2D eigenvalue weighted by Gasteiger charge is -2.31. The van der Waals surface area contributed by atoms with Gasteiger partial charge in [0.1, 0.15) is 17.2 Å². The fourth-order valence-electron chi connectivity index (χ4n) is 5.11. The molecule has 4 aromatic carbocycles. The Bertz CT molecular complexity index is 1340. The molecule has 1 N–H and O–H groups in total. The van der Waals surface area contributed by atoms with Crippen molar-refractivity contribution in [3.05, 3.63) is 125 Å². The van der Waals surface area contributed by atoms with E-state index < -0.39 is 5.97 Å². The van der Waals surface area contributed by atoms with Crippen LogP contribution in [0.5, 0.6) is 17.2 Å².